The Bertz CT molecular complexity index is 712. The normalized spacial score (nSPS) is 20.0. The van der Waals surface area contributed by atoms with Crippen molar-refractivity contribution in [2.75, 3.05) is 6.54 Å². The summed E-state index contributed by atoms with van der Waals surface area (Å²) < 4.78 is 28.5. The van der Waals surface area contributed by atoms with E-state index >= 15 is 0 Å². The van der Waals surface area contributed by atoms with Gasteiger partial charge in [-0.3, -0.25) is 0 Å². The number of benzene rings is 1. The van der Waals surface area contributed by atoms with Gasteiger partial charge in [-0.2, -0.15) is 4.31 Å². The number of sulfonamides is 1. The third kappa shape index (κ3) is 3.23. The first-order valence-corrected chi connectivity index (χ1v) is 9.93. The first kappa shape index (κ1) is 15.2. The standard InChI is InChI=1S/C15H16BrNO2S2/c16-14-8-9-15(20-14)21(18,19)17-10-4-7-13(17)11-12-5-2-1-3-6-12/h1-3,5-6,8-9,13H,4,7,10-11H2. The predicted octanol–water partition coefficient (Wildman–Crippen LogP) is 3.91. The number of rotatable bonds is 4. The topological polar surface area (TPSA) is 37.4 Å². The second kappa shape index (κ2) is 6.20. The van der Waals surface area contributed by atoms with Gasteiger partial charge in [0.1, 0.15) is 4.21 Å². The Morgan fingerprint density at radius 3 is 2.62 bits per heavy atom. The molecule has 1 unspecified atom stereocenters. The molecule has 0 amide bonds. The lowest BCUT2D eigenvalue weighted by Gasteiger charge is -2.23. The fraction of sp³-hybridized carbons (Fsp3) is 0.333. The molecule has 1 aliphatic rings. The first-order chi connectivity index (χ1) is 10.1. The van der Waals surface area contributed by atoms with Crippen LogP contribution in [0.15, 0.2) is 50.5 Å². The summed E-state index contributed by atoms with van der Waals surface area (Å²) in [7, 11) is -3.37. The molecule has 1 aromatic heterocycles. The maximum atomic E-state index is 12.8. The number of nitrogens with zero attached hydrogens (tertiary/aromatic N) is 1. The molecule has 0 radical (unpaired) electrons. The van der Waals surface area contributed by atoms with Gasteiger partial charge < -0.3 is 0 Å². The van der Waals surface area contributed by atoms with Gasteiger partial charge in [0.25, 0.3) is 10.0 Å². The van der Waals surface area contributed by atoms with Gasteiger partial charge in [0, 0.05) is 12.6 Å². The van der Waals surface area contributed by atoms with Crippen LogP contribution in [-0.2, 0) is 16.4 Å². The van der Waals surface area contributed by atoms with Crippen molar-refractivity contribution in [1.29, 1.82) is 0 Å². The zero-order valence-electron chi connectivity index (χ0n) is 11.4. The van der Waals surface area contributed by atoms with Crippen LogP contribution in [0.2, 0.25) is 0 Å². The monoisotopic (exact) mass is 385 g/mol. The highest BCUT2D eigenvalue weighted by atomic mass is 79.9. The van der Waals surface area contributed by atoms with Gasteiger partial charge in [-0.05, 0) is 52.9 Å². The minimum atomic E-state index is -3.37. The van der Waals surface area contributed by atoms with E-state index in [0.29, 0.717) is 10.8 Å². The fourth-order valence-corrected chi connectivity index (χ4v) is 6.60. The van der Waals surface area contributed by atoms with Crippen molar-refractivity contribution >= 4 is 37.3 Å². The molecule has 0 spiro atoms. The van der Waals surface area contributed by atoms with E-state index in [9.17, 15) is 8.42 Å². The molecule has 0 aliphatic carbocycles. The summed E-state index contributed by atoms with van der Waals surface area (Å²) in [4.78, 5) is 0. The molecule has 3 nitrogen and oxygen atoms in total. The third-order valence-electron chi connectivity index (χ3n) is 3.75. The maximum absolute atomic E-state index is 12.8. The molecule has 1 aliphatic heterocycles. The highest BCUT2D eigenvalue weighted by Gasteiger charge is 2.35. The number of thiophene rings is 1. The van der Waals surface area contributed by atoms with Gasteiger partial charge in [-0.15, -0.1) is 11.3 Å². The van der Waals surface area contributed by atoms with Crippen molar-refractivity contribution in [3.63, 3.8) is 0 Å². The summed E-state index contributed by atoms with van der Waals surface area (Å²) >= 11 is 4.61. The highest BCUT2D eigenvalue weighted by Crippen LogP contribution is 2.33. The SMILES string of the molecule is O=S(=O)(c1ccc(Br)s1)N1CCCC1Cc1ccccc1. The van der Waals surface area contributed by atoms with Gasteiger partial charge >= 0.3 is 0 Å². The molecule has 6 heteroatoms. The van der Waals surface area contributed by atoms with Crippen LogP contribution in [0.1, 0.15) is 18.4 Å². The molecule has 1 saturated heterocycles. The van der Waals surface area contributed by atoms with E-state index in [1.165, 1.54) is 16.9 Å². The minimum absolute atomic E-state index is 0.0678. The van der Waals surface area contributed by atoms with Crippen LogP contribution >= 0.6 is 27.3 Å². The van der Waals surface area contributed by atoms with Crippen molar-refractivity contribution in [1.82, 2.24) is 4.31 Å². The third-order valence-corrected chi connectivity index (χ3v) is 7.79. The van der Waals surface area contributed by atoms with Crippen LogP contribution in [0.4, 0.5) is 0 Å². The van der Waals surface area contributed by atoms with E-state index in [0.717, 1.165) is 23.0 Å². The van der Waals surface area contributed by atoms with Crippen LogP contribution in [0.5, 0.6) is 0 Å². The molecule has 2 heterocycles. The lowest BCUT2D eigenvalue weighted by molar-refractivity contribution is 0.386. The van der Waals surface area contributed by atoms with Crippen molar-refractivity contribution < 1.29 is 8.42 Å². The molecule has 0 saturated carbocycles. The van der Waals surface area contributed by atoms with Crippen molar-refractivity contribution in [3.8, 4) is 0 Å². The first-order valence-electron chi connectivity index (χ1n) is 6.88. The van der Waals surface area contributed by atoms with Crippen molar-refractivity contribution in [2.45, 2.75) is 29.5 Å². The lowest BCUT2D eigenvalue weighted by atomic mass is 10.1. The zero-order valence-corrected chi connectivity index (χ0v) is 14.6. The van der Waals surface area contributed by atoms with Crippen molar-refractivity contribution in [3.05, 3.63) is 51.8 Å². The fourth-order valence-electron chi connectivity index (χ4n) is 2.77. The summed E-state index contributed by atoms with van der Waals surface area (Å²) in [5.74, 6) is 0. The van der Waals surface area contributed by atoms with Crippen molar-refractivity contribution in [2.24, 2.45) is 0 Å². The van der Waals surface area contributed by atoms with E-state index in [2.05, 4.69) is 28.1 Å². The molecule has 0 bridgehead atoms. The molecule has 1 atom stereocenters. The zero-order chi connectivity index (χ0) is 14.9. The number of halogens is 1. The van der Waals surface area contributed by atoms with Gasteiger partial charge in [0.15, 0.2) is 0 Å². The second-order valence-electron chi connectivity index (χ2n) is 5.16. The molecule has 21 heavy (non-hydrogen) atoms. The Kier molecular flexibility index (Phi) is 4.49. The molecule has 3 rings (SSSR count). The average Bonchev–Trinajstić information content (AvgIpc) is 3.09. The van der Waals surface area contributed by atoms with E-state index in [1.807, 2.05) is 18.2 Å². The summed E-state index contributed by atoms with van der Waals surface area (Å²) in [5, 5.41) is 0. The van der Waals surface area contributed by atoms with Gasteiger partial charge in [-0.1, -0.05) is 30.3 Å². The Balaban J connectivity index is 1.84. The van der Waals surface area contributed by atoms with Gasteiger partial charge in [0.05, 0.1) is 3.79 Å². The molecule has 2 aromatic rings. The number of hydrogen-bond acceptors (Lipinski definition) is 3. The van der Waals surface area contributed by atoms with Crippen LogP contribution < -0.4 is 0 Å². The molecule has 0 N–H and O–H groups in total. The number of hydrogen-bond donors (Lipinski definition) is 0. The maximum Gasteiger partial charge on any atom is 0.252 e. The summed E-state index contributed by atoms with van der Waals surface area (Å²) in [6.07, 6.45) is 2.65. The molecular weight excluding hydrogens is 370 g/mol. The quantitative estimate of drug-likeness (QED) is 0.799. The Morgan fingerprint density at radius 2 is 1.95 bits per heavy atom. The summed E-state index contributed by atoms with van der Waals surface area (Å²) in [6.45, 7) is 0.620. The highest BCUT2D eigenvalue weighted by molar-refractivity contribution is 9.11. The van der Waals surface area contributed by atoms with Crippen LogP contribution in [-0.4, -0.2) is 25.3 Å². The van der Waals surface area contributed by atoms with E-state index < -0.39 is 10.0 Å². The summed E-state index contributed by atoms with van der Waals surface area (Å²) in [5.41, 5.74) is 1.19. The van der Waals surface area contributed by atoms with Gasteiger partial charge in [-0.25, -0.2) is 8.42 Å². The smallest absolute Gasteiger partial charge is 0.206 e. The predicted molar refractivity (Wildman–Crippen MR) is 89.1 cm³/mol. The van der Waals surface area contributed by atoms with E-state index in [4.69, 9.17) is 0 Å². The molecule has 1 aromatic carbocycles. The largest absolute Gasteiger partial charge is 0.252 e. The van der Waals surface area contributed by atoms with Crippen LogP contribution in [0, 0.1) is 0 Å². The Morgan fingerprint density at radius 1 is 1.19 bits per heavy atom. The molecular formula is C15H16BrNO2S2. The summed E-state index contributed by atoms with van der Waals surface area (Å²) in [6, 6.07) is 13.6. The lowest BCUT2D eigenvalue weighted by Crippen LogP contribution is -2.36. The average molecular weight is 386 g/mol. The molecule has 1 fully saturated rings. The Hall–Kier alpha value is -0.690. The Labute approximate surface area is 137 Å². The minimum Gasteiger partial charge on any atom is -0.206 e. The van der Waals surface area contributed by atoms with E-state index in [-0.39, 0.29) is 6.04 Å². The second-order valence-corrected chi connectivity index (χ2v) is 9.74. The van der Waals surface area contributed by atoms with Gasteiger partial charge in [0.2, 0.25) is 0 Å². The molecule has 112 valence electrons. The van der Waals surface area contributed by atoms with Crippen LogP contribution in [0.25, 0.3) is 0 Å². The van der Waals surface area contributed by atoms with E-state index in [1.54, 1.807) is 16.4 Å². The van der Waals surface area contributed by atoms with Crippen LogP contribution in [0.3, 0.4) is 0 Å².